The molecule has 84 valence electrons. The minimum Gasteiger partial charge on any atom is -0.478 e. The molecule has 0 unspecified atom stereocenters. The molecule has 1 aromatic rings. The molecule has 4 heteroatoms. The van der Waals surface area contributed by atoms with E-state index in [2.05, 4.69) is 0 Å². The number of rotatable bonds is 3. The Labute approximate surface area is 91.2 Å². The van der Waals surface area contributed by atoms with Crippen molar-refractivity contribution < 1.29 is 18.7 Å². The van der Waals surface area contributed by atoms with Gasteiger partial charge in [-0.15, -0.1) is 0 Å². The largest absolute Gasteiger partial charge is 0.478 e. The number of hydrogen-bond acceptors (Lipinski definition) is 1. The topological polar surface area (TPSA) is 37.3 Å². The van der Waals surface area contributed by atoms with Crippen molar-refractivity contribution in [3.63, 3.8) is 0 Å². The highest BCUT2D eigenvalue weighted by Gasteiger charge is 2.28. The van der Waals surface area contributed by atoms with Crippen LogP contribution in [0.2, 0.25) is 0 Å². The molecule has 2 nitrogen and oxygen atoms in total. The molecule has 1 aliphatic carbocycles. The van der Waals surface area contributed by atoms with Crippen LogP contribution in [-0.2, 0) is 4.79 Å². The third-order valence-corrected chi connectivity index (χ3v) is 2.49. The van der Waals surface area contributed by atoms with Crippen LogP contribution in [0.1, 0.15) is 18.4 Å². The lowest BCUT2D eigenvalue weighted by atomic mass is 10.0. The Morgan fingerprint density at radius 3 is 2.25 bits per heavy atom. The molecule has 0 atom stereocenters. The monoisotopic (exact) mass is 224 g/mol. The number of hydrogen-bond donors (Lipinski definition) is 1. The number of benzene rings is 1. The van der Waals surface area contributed by atoms with Crippen LogP contribution in [0.3, 0.4) is 0 Å². The van der Waals surface area contributed by atoms with Crippen LogP contribution in [0.4, 0.5) is 8.78 Å². The molecule has 0 heterocycles. The van der Waals surface area contributed by atoms with Gasteiger partial charge in [0.1, 0.15) is 11.6 Å². The van der Waals surface area contributed by atoms with E-state index in [1.54, 1.807) is 0 Å². The number of carbonyl (C=O) groups is 1. The molecule has 0 spiro atoms. The minimum atomic E-state index is -1.09. The van der Waals surface area contributed by atoms with E-state index in [1.165, 1.54) is 0 Å². The fraction of sp³-hybridized carbons (Fsp3) is 0.250. The van der Waals surface area contributed by atoms with Gasteiger partial charge in [-0.1, -0.05) is 0 Å². The Hall–Kier alpha value is -1.71. The van der Waals surface area contributed by atoms with Crippen molar-refractivity contribution in [2.45, 2.75) is 12.8 Å². The first-order valence-corrected chi connectivity index (χ1v) is 4.97. The summed E-state index contributed by atoms with van der Waals surface area (Å²) < 4.78 is 26.0. The second-order valence-electron chi connectivity index (χ2n) is 3.87. The van der Waals surface area contributed by atoms with E-state index < -0.39 is 17.6 Å². The number of halogens is 2. The van der Waals surface area contributed by atoms with Gasteiger partial charge < -0.3 is 5.11 Å². The lowest BCUT2D eigenvalue weighted by Gasteiger charge is -2.05. The molecule has 0 aliphatic heterocycles. The highest BCUT2D eigenvalue weighted by Crippen LogP contribution is 2.42. The number of aliphatic carboxylic acids is 1. The van der Waals surface area contributed by atoms with Gasteiger partial charge in [0.15, 0.2) is 0 Å². The van der Waals surface area contributed by atoms with Gasteiger partial charge in [-0.2, -0.15) is 0 Å². The first kappa shape index (κ1) is 10.8. The van der Waals surface area contributed by atoms with Gasteiger partial charge in [0.2, 0.25) is 0 Å². The molecule has 1 aliphatic rings. The van der Waals surface area contributed by atoms with Crippen LogP contribution in [0.5, 0.6) is 0 Å². The summed E-state index contributed by atoms with van der Waals surface area (Å²) in [7, 11) is 0. The fourth-order valence-corrected chi connectivity index (χ4v) is 1.68. The lowest BCUT2D eigenvalue weighted by Crippen LogP contribution is -1.96. The first-order valence-electron chi connectivity index (χ1n) is 4.97. The fourth-order valence-electron chi connectivity index (χ4n) is 1.68. The summed E-state index contributed by atoms with van der Waals surface area (Å²) in [6.45, 7) is 0. The summed E-state index contributed by atoms with van der Waals surface area (Å²) >= 11 is 0. The average Bonchev–Trinajstić information content (AvgIpc) is 2.95. The third-order valence-electron chi connectivity index (χ3n) is 2.49. The van der Waals surface area contributed by atoms with Gasteiger partial charge in [-0.05, 0) is 42.0 Å². The van der Waals surface area contributed by atoms with E-state index >= 15 is 0 Å². The maximum absolute atomic E-state index is 13.0. The predicted octanol–water partition coefficient (Wildman–Crippen LogP) is 2.84. The molecule has 1 fully saturated rings. The summed E-state index contributed by atoms with van der Waals surface area (Å²) in [5.74, 6) is -2.34. The Morgan fingerprint density at radius 1 is 1.25 bits per heavy atom. The smallest absolute Gasteiger partial charge is 0.328 e. The van der Waals surface area contributed by atoms with Gasteiger partial charge in [-0.25, -0.2) is 13.6 Å². The number of carboxylic acids is 1. The Balaban J connectivity index is 2.42. The molecule has 0 amide bonds. The zero-order chi connectivity index (χ0) is 11.7. The van der Waals surface area contributed by atoms with E-state index in [9.17, 15) is 13.6 Å². The molecule has 1 aromatic carbocycles. The summed E-state index contributed by atoms with van der Waals surface area (Å²) in [4.78, 5) is 10.6. The zero-order valence-electron chi connectivity index (χ0n) is 8.41. The standard InChI is InChI=1S/C12H10F2O2/c13-9-3-8(4-10(14)5-9)11(6-12(15)16)7-1-2-7/h3-7H,1-2H2,(H,15,16)/b11-6+. The van der Waals surface area contributed by atoms with E-state index in [0.29, 0.717) is 11.1 Å². The van der Waals surface area contributed by atoms with Gasteiger partial charge in [-0.3, -0.25) is 0 Å². The summed E-state index contributed by atoms with van der Waals surface area (Å²) in [5, 5.41) is 8.70. The van der Waals surface area contributed by atoms with Crippen molar-refractivity contribution in [1.82, 2.24) is 0 Å². The molecular weight excluding hydrogens is 214 g/mol. The van der Waals surface area contributed by atoms with Crippen LogP contribution in [0, 0.1) is 17.6 Å². The zero-order valence-corrected chi connectivity index (χ0v) is 8.41. The lowest BCUT2D eigenvalue weighted by molar-refractivity contribution is -0.131. The average molecular weight is 224 g/mol. The first-order chi connectivity index (χ1) is 7.56. The second kappa shape index (κ2) is 4.04. The van der Waals surface area contributed by atoms with Gasteiger partial charge in [0.25, 0.3) is 0 Å². The van der Waals surface area contributed by atoms with Crippen LogP contribution < -0.4 is 0 Å². The molecule has 0 saturated heterocycles. The van der Waals surface area contributed by atoms with Gasteiger partial charge in [0, 0.05) is 12.1 Å². The molecule has 1 N–H and O–H groups in total. The summed E-state index contributed by atoms with van der Waals surface area (Å²) in [5.41, 5.74) is 0.827. The molecule has 16 heavy (non-hydrogen) atoms. The van der Waals surface area contributed by atoms with Crippen molar-refractivity contribution in [3.05, 3.63) is 41.5 Å². The van der Waals surface area contributed by atoms with E-state index in [0.717, 1.165) is 37.1 Å². The van der Waals surface area contributed by atoms with E-state index in [-0.39, 0.29) is 5.92 Å². The minimum absolute atomic E-state index is 0.122. The van der Waals surface area contributed by atoms with Gasteiger partial charge in [0.05, 0.1) is 0 Å². The SMILES string of the molecule is O=C(O)/C=C(/c1cc(F)cc(F)c1)C1CC1. The second-order valence-corrected chi connectivity index (χ2v) is 3.87. The van der Waals surface area contributed by atoms with E-state index in [1.807, 2.05) is 0 Å². The van der Waals surface area contributed by atoms with Crippen molar-refractivity contribution in [2.24, 2.45) is 5.92 Å². The maximum Gasteiger partial charge on any atom is 0.328 e. The molecule has 0 aromatic heterocycles. The molecular formula is C12H10F2O2. The van der Waals surface area contributed by atoms with Crippen LogP contribution >= 0.6 is 0 Å². The van der Waals surface area contributed by atoms with Crippen LogP contribution in [0.15, 0.2) is 24.3 Å². The highest BCUT2D eigenvalue weighted by atomic mass is 19.1. The van der Waals surface area contributed by atoms with Crippen LogP contribution in [-0.4, -0.2) is 11.1 Å². The molecule has 1 saturated carbocycles. The third kappa shape index (κ3) is 2.45. The van der Waals surface area contributed by atoms with Crippen molar-refractivity contribution >= 4 is 11.5 Å². The number of carboxylic acid groups (broad SMARTS) is 1. The Bertz CT molecular complexity index is 442. The van der Waals surface area contributed by atoms with E-state index in [4.69, 9.17) is 5.11 Å². The van der Waals surface area contributed by atoms with Gasteiger partial charge >= 0.3 is 5.97 Å². The van der Waals surface area contributed by atoms with Crippen molar-refractivity contribution in [2.75, 3.05) is 0 Å². The maximum atomic E-state index is 13.0. The normalized spacial score (nSPS) is 16.2. The molecule has 0 radical (unpaired) electrons. The summed E-state index contributed by atoms with van der Waals surface area (Å²) in [6.07, 6.45) is 2.78. The highest BCUT2D eigenvalue weighted by molar-refractivity contribution is 5.91. The van der Waals surface area contributed by atoms with Crippen molar-refractivity contribution in [3.8, 4) is 0 Å². The summed E-state index contributed by atoms with van der Waals surface area (Å²) in [6, 6.07) is 3.10. The Morgan fingerprint density at radius 2 is 1.81 bits per heavy atom. The quantitative estimate of drug-likeness (QED) is 0.801. The number of allylic oxidation sites excluding steroid dienone is 1. The predicted molar refractivity (Wildman–Crippen MR) is 54.7 cm³/mol. The van der Waals surface area contributed by atoms with Crippen molar-refractivity contribution in [1.29, 1.82) is 0 Å². The molecule has 0 bridgehead atoms. The van der Waals surface area contributed by atoms with Crippen LogP contribution in [0.25, 0.3) is 5.57 Å². The Kier molecular flexibility index (Phi) is 2.73. The molecule has 2 rings (SSSR count).